The van der Waals surface area contributed by atoms with Gasteiger partial charge in [0.2, 0.25) is 0 Å². The number of ether oxygens (including phenoxy) is 1. The topological polar surface area (TPSA) is 76.3 Å². The van der Waals surface area contributed by atoms with Gasteiger partial charge in [0.1, 0.15) is 18.0 Å². The number of hydrogen-bond donors (Lipinski definition) is 2. The van der Waals surface area contributed by atoms with Crippen LogP contribution in [0.3, 0.4) is 0 Å². The maximum Gasteiger partial charge on any atom is 0.148 e. The quantitative estimate of drug-likeness (QED) is 0.595. The predicted molar refractivity (Wildman–Crippen MR) is 71.4 cm³/mol. The van der Waals surface area contributed by atoms with Crippen LogP contribution in [-0.4, -0.2) is 36.8 Å². The molecular weight excluding hydrogens is 230 g/mol. The lowest BCUT2D eigenvalue weighted by atomic mass is 10.1. The summed E-state index contributed by atoms with van der Waals surface area (Å²) in [5.41, 5.74) is 3.73. The number of nitrogens with one attached hydrogen (secondary N) is 1. The molecule has 6 heteroatoms. The van der Waals surface area contributed by atoms with E-state index < -0.39 is 0 Å². The molecule has 1 aliphatic rings. The molecule has 0 bridgehead atoms. The summed E-state index contributed by atoms with van der Waals surface area (Å²) in [6.45, 7) is 4.90. The number of rotatable bonds is 5. The summed E-state index contributed by atoms with van der Waals surface area (Å²) in [5.74, 6) is 7.80. The minimum absolute atomic E-state index is 0.587. The summed E-state index contributed by atoms with van der Waals surface area (Å²) >= 11 is 0. The van der Waals surface area contributed by atoms with Crippen molar-refractivity contribution in [3.05, 3.63) is 11.9 Å². The second kappa shape index (κ2) is 5.97. The van der Waals surface area contributed by atoms with Crippen molar-refractivity contribution in [2.45, 2.75) is 19.8 Å². The molecular formula is C12H21N5O. The number of hydrazine groups is 1. The predicted octanol–water partition coefficient (Wildman–Crippen LogP) is 0.797. The van der Waals surface area contributed by atoms with Gasteiger partial charge < -0.3 is 15.1 Å². The standard InChI is InChI=1S/C12H21N5O/c1-3-10-11(16-13)14-8-15-12(10)17-5-4-9(6-17)7-18-2/h8-9H,3-7,13H2,1-2H3,(H,14,15,16). The Morgan fingerprint density at radius 2 is 2.39 bits per heavy atom. The fourth-order valence-electron chi connectivity index (χ4n) is 2.52. The molecule has 2 rings (SSSR count). The van der Waals surface area contributed by atoms with E-state index in [9.17, 15) is 0 Å². The first kappa shape index (κ1) is 13.0. The number of aromatic nitrogens is 2. The van der Waals surface area contributed by atoms with Crippen molar-refractivity contribution in [3.8, 4) is 0 Å². The Morgan fingerprint density at radius 3 is 3.06 bits per heavy atom. The molecule has 1 aliphatic heterocycles. The van der Waals surface area contributed by atoms with Crippen LogP contribution < -0.4 is 16.2 Å². The van der Waals surface area contributed by atoms with Gasteiger partial charge in [-0.15, -0.1) is 0 Å². The molecule has 0 saturated carbocycles. The SMILES string of the molecule is CCc1c(NN)ncnc1N1CCC(COC)C1. The first-order valence-corrected chi connectivity index (χ1v) is 6.34. The lowest BCUT2D eigenvalue weighted by Gasteiger charge is -2.21. The van der Waals surface area contributed by atoms with Gasteiger partial charge >= 0.3 is 0 Å². The number of nitrogens with zero attached hydrogens (tertiary/aromatic N) is 3. The van der Waals surface area contributed by atoms with E-state index in [2.05, 4.69) is 27.2 Å². The largest absolute Gasteiger partial charge is 0.384 e. The molecule has 1 unspecified atom stereocenters. The molecule has 1 saturated heterocycles. The number of nitrogens with two attached hydrogens (primary N) is 1. The summed E-state index contributed by atoms with van der Waals surface area (Å²) in [6, 6.07) is 0. The summed E-state index contributed by atoms with van der Waals surface area (Å²) in [7, 11) is 1.75. The van der Waals surface area contributed by atoms with Crippen LogP contribution in [0.1, 0.15) is 18.9 Å². The van der Waals surface area contributed by atoms with Gasteiger partial charge in [0.25, 0.3) is 0 Å². The smallest absolute Gasteiger partial charge is 0.148 e. The second-order valence-electron chi connectivity index (χ2n) is 4.58. The molecule has 100 valence electrons. The molecule has 1 atom stereocenters. The Hall–Kier alpha value is -1.40. The molecule has 0 radical (unpaired) electrons. The van der Waals surface area contributed by atoms with Crippen LogP contribution >= 0.6 is 0 Å². The van der Waals surface area contributed by atoms with E-state index in [-0.39, 0.29) is 0 Å². The van der Waals surface area contributed by atoms with Gasteiger partial charge in [-0.3, -0.25) is 0 Å². The molecule has 3 N–H and O–H groups in total. The normalized spacial score (nSPS) is 19.3. The highest BCUT2D eigenvalue weighted by molar-refractivity contribution is 5.58. The van der Waals surface area contributed by atoms with E-state index in [0.29, 0.717) is 5.92 Å². The Morgan fingerprint density at radius 1 is 1.56 bits per heavy atom. The van der Waals surface area contributed by atoms with Gasteiger partial charge in [0.05, 0.1) is 6.61 Å². The molecule has 0 amide bonds. The van der Waals surface area contributed by atoms with Crippen LogP contribution in [-0.2, 0) is 11.2 Å². The molecule has 0 spiro atoms. The zero-order chi connectivity index (χ0) is 13.0. The van der Waals surface area contributed by atoms with E-state index in [4.69, 9.17) is 10.6 Å². The van der Waals surface area contributed by atoms with Crippen molar-refractivity contribution in [1.82, 2.24) is 9.97 Å². The number of nitrogen functional groups attached to an aromatic ring is 1. The van der Waals surface area contributed by atoms with Crippen LogP contribution in [0.5, 0.6) is 0 Å². The first-order chi connectivity index (χ1) is 8.80. The molecule has 1 fully saturated rings. The van der Waals surface area contributed by atoms with Crippen molar-refractivity contribution >= 4 is 11.6 Å². The van der Waals surface area contributed by atoms with Gasteiger partial charge in [-0.25, -0.2) is 15.8 Å². The summed E-state index contributed by atoms with van der Waals surface area (Å²) in [5, 5.41) is 0. The average molecular weight is 251 g/mol. The minimum atomic E-state index is 0.587. The van der Waals surface area contributed by atoms with Crippen LogP contribution in [0, 0.1) is 5.92 Å². The number of anilines is 2. The zero-order valence-corrected chi connectivity index (χ0v) is 11.0. The average Bonchev–Trinajstić information content (AvgIpc) is 2.86. The van der Waals surface area contributed by atoms with E-state index in [0.717, 1.165) is 49.7 Å². The highest BCUT2D eigenvalue weighted by atomic mass is 16.5. The minimum Gasteiger partial charge on any atom is -0.384 e. The third-order valence-corrected chi connectivity index (χ3v) is 3.40. The van der Waals surface area contributed by atoms with Crippen molar-refractivity contribution in [2.24, 2.45) is 11.8 Å². The lowest BCUT2D eigenvalue weighted by Crippen LogP contribution is -2.24. The summed E-state index contributed by atoms with van der Waals surface area (Å²) in [6.07, 6.45) is 3.57. The third kappa shape index (κ3) is 2.54. The fraction of sp³-hybridized carbons (Fsp3) is 0.667. The van der Waals surface area contributed by atoms with E-state index in [1.54, 1.807) is 13.4 Å². The first-order valence-electron chi connectivity index (χ1n) is 6.34. The molecule has 1 aromatic heterocycles. The molecule has 6 nitrogen and oxygen atoms in total. The maximum atomic E-state index is 5.49. The summed E-state index contributed by atoms with van der Waals surface area (Å²) < 4.78 is 5.22. The van der Waals surface area contributed by atoms with Crippen LogP contribution in [0.15, 0.2) is 6.33 Å². The molecule has 0 aliphatic carbocycles. The Labute approximate surface area is 108 Å². The molecule has 18 heavy (non-hydrogen) atoms. The van der Waals surface area contributed by atoms with Gasteiger partial charge in [-0.1, -0.05) is 6.92 Å². The fourth-order valence-corrected chi connectivity index (χ4v) is 2.52. The molecule has 1 aromatic rings. The zero-order valence-electron chi connectivity index (χ0n) is 11.0. The van der Waals surface area contributed by atoms with Gasteiger partial charge in [0, 0.05) is 31.7 Å². The summed E-state index contributed by atoms with van der Waals surface area (Å²) in [4.78, 5) is 10.9. The Kier molecular flexibility index (Phi) is 4.33. The highest BCUT2D eigenvalue weighted by Crippen LogP contribution is 2.28. The van der Waals surface area contributed by atoms with Crippen LogP contribution in [0.2, 0.25) is 0 Å². The van der Waals surface area contributed by atoms with Gasteiger partial charge in [-0.05, 0) is 12.8 Å². The van der Waals surface area contributed by atoms with Crippen molar-refractivity contribution in [2.75, 3.05) is 37.1 Å². The third-order valence-electron chi connectivity index (χ3n) is 3.40. The van der Waals surface area contributed by atoms with Crippen LogP contribution in [0.25, 0.3) is 0 Å². The monoisotopic (exact) mass is 251 g/mol. The van der Waals surface area contributed by atoms with E-state index in [1.165, 1.54) is 0 Å². The number of methoxy groups -OCH3 is 1. The van der Waals surface area contributed by atoms with Crippen LogP contribution in [0.4, 0.5) is 11.6 Å². The van der Waals surface area contributed by atoms with E-state index >= 15 is 0 Å². The Balaban J connectivity index is 2.18. The van der Waals surface area contributed by atoms with Gasteiger partial charge in [-0.2, -0.15) is 0 Å². The van der Waals surface area contributed by atoms with Crippen molar-refractivity contribution in [3.63, 3.8) is 0 Å². The van der Waals surface area contributed by atoms with Crippen molar-refractivity contribution in [1.29, 1.82) is 0 Å². The highest BCUT2D eigenvalue weighted by Gasteiger charge is 2.25. The number of hydrogen-bond acceptors (Lipinski definition) is 6. The molecule has 0 aromatic carbocycles. The lowest BCUT2D eigenvalue weighted by molar-refractivity contribution is 0.161. The van der Waals surface area contributed by atoms with Gasteiger partial charge in [0.15, 0.2) is 0 Å². The maximum absolute atomic E-state index is 5.49. The van der Waals surface area contributed by atoms with E-state index in [1.807, 2.05) is 0 Å². The Bertz CT molecular complexity index is 398. The van der Waals surface area contributed by atoms with Crippen molar-refractivity contribution < 1.29 is 4.74 Å². The second-order valence-corrected chi connectivity index (χ2v) is 4.58. The molecule has 2 heterocycles.